The van der Waals surface area contributed by atoms with Gasteiger partial charge in [0.1, 0.15) is 22.9 Å². The first-order chi connectivity index (χ1) is 16.7. The van der Waals surface area contributed by atoms with Gasteiger partial charge in [-0.05, 0) is 68.1 Å². The average molecular weight is 501 g/mol. The third-order valence-electron chi connectivity index (χ3n) is 9.03. The molecule has 0 bridgehead atoms. The molecule has 3 aliphatic rings. The van der Waals surface area contributed by atoms with E-state index in [9.17, 15) is 26.7 Å². The Morgan fingerprint density at radius 1 is 0.914 bits per heavy atom. The van der Waals surface area contributed by atoms with Crippen LogP contribution in [0.4, 0.5) is 22.0 Å². The zero-order valence-electron chi connectivity index (χ0n) is 20.5. The second-order valence-electron chi connectivity index (χ2n) is 11.1. The van der Waals surface area contributed by atoms with Crippen LogP contribution in [0.15, 0.2) is 12.1 Å². The Morgan fingerprint density at radius 3 is 2.20 bits per heavy atom. The Balaban J connectivity index is 1.35. The molecule has 0 aliphatic heterocycles. The minimum Gasteiger partial charge on any atom is -0.426 e. The molecule has 0 radical (unpaired) electrons. The molecular formula is C28H37F5O2. The Labute approximate surface area is 205 Å². The normalized spacial score (nSPS) is 31.6. The smallest absolute Gasteiger partial charge is 0.422 e. The van der Waals surface area contributed by atoms with E-state index in [0.717, 1.165) is 43.9 Å². The van der Waals surface area contributed by atoms with Gasteiger partial charge >= 0.3 is 12.1 Å². The van der Waals surface area contributed by atoms with E-state index < -0.39 is 35.1 Å². The fourth-order valence-corrected chi connectivity index (χ4v) is 7.23. The summed E-state index contributed by atoms with van der Waals surface area (Å²) in [6.45, 7) is 2.25. The molecule has 0 N–H and O–H groups in total. The minimum atomic E-state index is -5.15. The van der Waals surface area contributed by atoms with E-state index in [2.05, 4.69) is 6.92 Å². The zero-order chi connectivity index (χ0) is 25.2. The molecule has 4 unspecified atom stereocenters. The number of esters is 1. The van der Waals surface area contributed by atoms with E-state index in [1.165, 1.54) is 44.9 Å². The highest BCUT2D eigenvalue weighted by atomic mass is 19.4. The topological polar surface area (TPSA) is 26.3 Å². The number of halogens is 5. The van der Waals surface area contributed by atoms with Crippen molar-refractivity contribution >= 4 is 5.97 Å². The number of hydrogen-bond acceptors (Lipinski definition) is 2. The number of alkyl halides is 3. The molecule has 1 aromatic carbocycles. The van der Waals surface area contributed by atoms with Crippen LogP contribution in [0, 0.1) is 47.1 Å². The van der Waals surface area contributed by atoms with Gasteiger partial charge in [-0.2, -0.15) is 13.2 Å². The summed E-state index contributed by atoms with van der Waals surface area (Å²) in [5.74, 6) is -2.00. The van der Waals surface area contributed by atoms with Gasteiger partial charge in [0.2, 0.25) is 0 Å². The third-order valence-corrected chi connectivity index (χ3v) is 9.03. The van der Waals surface area contributed by atoms with Crippen LogP contribution < -0.4 is 4.74 Å². The van der Waals surface area contributed by atoms with Crippen LogP contribution in [-0.4, -0.2) is 5.97 Å². The van der Waals surface area contributed by atoms with Gasteiger partial charge in [0.15, 0.2) is 0 Å². The summed E-state index contributed by atoms with van der Waals surface area (Å²) in [5, 5.41) is 0. The van der Waals surface area contributed by atoms with Crippen molar-refractivity contribution in [1.29, 1.82) is 0 Å². The molecular weight excluding hydrogens is 463 g/mol. The summed E-state index contributed by atoms with van der Waals surface area (Å²) >= 11 is 0. The largest absolute Gasteiger partial charge is 0.426 e. The van der Waals surface area contributed by atoms with E-state index >= 15 is 0 Å². The monoisotopic (exact) mass is 500 g/mol. The molecule has 4 atom stereocenters. The zero-order valence-corrected chi connectivity index (χ0v) is 20.5. The van der Waals surface area contributed by atoms with Crippen molar-refractivity contribution in [3.63, 3.8) is 0 Å². The Morgan fingerprint density at radius 2 is 1.57 bits per heavy atom. The number of ether oxygens (including phenoxy) is 1. The molecule has 3 fully saturated rings. The number of rotatable bonds is 6. The van der Waals surface area contributed by atoms with Gasteiger partial charge in [-0.1, -0.05) is 51.9 Å². The van der Waals surface area contributed by atoms with Gasteiger partial charge in [-0.3, -0.25) is 4.79 Å². The molecule has 7 heteroatoms. The quantitative estimate of drug-likeness (QED) is 0.222. The molecule has 35 heavy (non-hydrogen) atoms. The summed E-state index contributed by atoms with van der Waals surface area (Å²) < 4.78 is 71.6. The van der Waals surface area contributed by atoms with Crippen LogP contribution in [-0.2, 0) is 11.0 Å². The van der Waals surface area contributed by atoms with E-state index in [-0.39, 0.29) is 11.8 Å². The lowest BCUT2D eigenvalue weighted by Crippen LogP contribution is -2.40. The van der Waals surface area contributed by atoms with Gasteiger partial charge in [-0.15, -0.1) is 0 Å². The van der Waals surface area contributed by atoms with Crippen molar-refractivity contribution in [3.8, 4) is 5.75 Å². The predicted octanol–water partition coefficient (Wildman–Crippen LogP) is 8.72. The standard InChI is InChI=1S/C28H37F5O2/c1-2-3-5-17-8-10-18(11-9-17)19-12-13-22-20(14-19)6-4-7-23(22)27(34)35-21-15-24(29)26(25(30)16-21)28(31,32)33/h15-20,22-23H,2-14H2,1H3. The Kier molecular flexibility index (Phi) is 8.42. The Hall–Kier alpha value is -1.66. The van der Waals surface area contributed by atoms with Gasteiger partial charge in [0.05, 0.1) is 5.92 Å². The fourth-order valence-electron chi connectivity index (χ4n) is 7.23. The molecule has 4 rings (SSSR count). The highest BCUT2D eigenvalue weighted by molar-refractivity contribution is 5.75. The first-order valence-electron chi connectivity index (χ1n) is 13.4. The lowest BCUT2D eigenvalue weighted by molar-refractivity contribution is -0.144. The molecule has 0 spiro atoms. The molecule has 0 aromatic heterocycles. The van der Waals surface area contributed by atoms with E-state index in [1.807, 2.05) is 0 Å². The number of carbonyl (C=O) groups is 1. The maximum absolute atomic E-state index is 13.9. The van der Waals surface area contributed by atoms with Gasteiger partial charge < -0.3 is 4.74 Å². The number of carbonyl (C=O) groups excluding carboxylic acids is 1. The molecule has 3 saturated carbocycles. The molecule has 196 valence electrons. The average Bonchev–Trinajstić information content (AvgIpc) is 2.81. The van der Waals surface area contributed by atoms with Gasteiger partial charge in [-0.25, -0.2) is 8.78 Å². The molecule has 1 aromatic rings. The third kappa shape index (κ3) is 6.19. The summed E-state index contributed by atoms with van der Waals surface area (Å²) in [5.41, 5.74) is -1.97. The van der Waals surface area contributed by atoms with Crippen molar-refractivity contribution in [2.75, 3.05) is 0 Å². The predicted molar refractivity (Wildman–Crippen MR) is 124 cm³/mol. The Bertz CT molecular complexity index is 852. The van der Waals surface area contributed by atoms with E-state index in [4.69, 9.17) is 4.74 Å². The molecule has 0 saturated heterocycles. The van der Waals surface area contributed by atoms with E-state index in [0.29, 0.717) is 30.4 Å². The van der Waals surface area contributed by atoms with Crippen LogP contribution in [0.5, 0.6) is 5.75 Å². The van der Waals surface area contributed by atoms with Crippen LogP contribution in [0.25, 0.3) is 0 Å². The molecule has 2 nitrogen and oxygen atoms in total. The van der Waals surface area contributed by atoms with Gasteiger partial charge in [0, 0.05) is 12.1 Å². The number of unbranched alkanes of at least 4 members (excludes halogenated alkanes) is 1. The molecule has 0 heterocycles. The number of fused-ring (bicyclic) bond motifs is 1. The second-order valence-corrected chi connectivity index (χ2v) is 11.1. The summed E-state index contributed by atoms with van der Waals surface area (Å²) in [7, 11) is 0. The van der Waals surface area contributed by atoms with Crippen molar-refractivity contribution in [2.24, 2.45) is 35.5 Å². The summed E-state index contributed by atoms with van der Waals surface area (Å²) in [4.78, 5) is 12.9. The molecule has 3 aliphatic carbocycles. The summed E-state index contributed by atoms with van der Waals surface area (Å²) in [6, 6.07) is 0.912. The van der Waals surface area contributed by atoms with Crippen molar-refractivity contribution in [2.45, 2.75) is 96.6 Å². The number of benzene rings is 1. The van der Waals surface area contributed by atoms with Crippen molar-refractivity contribution in [3.05, 3.63) is 29.3 Å². The van der Waals surface area contributed by atoms with Crippen molar-refractivity contribution in [1.82, 2.24) is 0 Å². The minimum absolute atomic E-state index is 0.178. The lowest BCUT2D eigenvalue weighted by atomic mass is 9.59. The highest BCUT2D eigenvalue weighted by Crippen LogP contribution is 2.50. The number of hydrogen-bond donors (Lipinski definition) is 0. The van der Waals surface area contributed by atoms with E-state index in [1.54, 1.807) is 0 Å². The summed E-state index contributed by atoms with van der Waals surface area (Å²) in [6.07, 6.45) is 9.89. The fraction of sp³-hybridized carbons (Fsp3) is 0.750. The molecule has 0 amide bonds. The first-order valence-corrected chi connectivity index (χ1v) is 13.4. The van der Waals surface area contributed by atoms with Crippen molar-refractivity contribution < 1.29 is 31.5 Å². The SMILES string of the molecule is CCCCC1CCC(C2CCC3C(CCCC3C(=O)Oc3cc(F)c(C(F)(F)F)c(F)c3)C2)CC1. The lowest BCUT2D eigenvalue weighted by Gasteiger charge is -2.46. The van der Waals surface area contributed by atoms with Crippen LogP contribution in [0.3, 0.4) is 0 Å². The van der Waals surface area contributed by atoms with Crippen LogP contribution in [0.1, 0.15) is 96.0 Å². The van der Waals surface area contributed by atoms with Crippen LogP contribution in [0.2, 0.25) is 0 Å². The maximum atomic E-state index is 13.9. The second kappa shape index (κ2) is 11.2. The maximum Gasteiger partial charge on any atom is 0.422 e. The van der Waals surface area contributed by atoms with Gasteiger partial charge in [0.25, 0.3) is 0 Å². The first kappa shape index (κ1) is 26.4. The highest BCUT2D eigenvalue weighted by Gasteiger charge is 2.44. The van der Waals surface area contributed by atoms with Crippen LogP contribution >= 0.6 is 0 Å².